The van der Waals surface area contributed by atoms with Gasteiger partial charge in [-0.25, -0.2) is 4.68 Å². The number of nitrogens with zero attached hydrogens (tertiary/aromatic N) is 2. The Morgan fingerprint density at radius 1 is 1.28 bits per heavy atom. The zero-order valence-electron chi connectivity index (χ0n) is 11.2. The molecular weight excluding hydrogens is 224 g/mol. The maximum atomic E-state index is 12.4. The standard InChI is InChI=1S/C15H18N2O/c1-15(2,3)9-17-14(18)11-6-4-5-10-7-8-12(16-17)13(10)11/h4-6H,7-9H2,1-3H3. The van der Waals surface area contributed by atoms with Crippen LogP contribution in [0, 0.1) is 5.41 Å². The summed E-state index contributed by atoms with van der Waals surface area (Å²) >= 11 is 0. The van der Waals surface area contributed by atoms with Gasteiger partial charge in [0.15, 0.2) is 0 Å². The number of hydrogen-bond donors (Lipinski definition) is 0. The molecule has 0 unspecified atom stereocenters. The molecule has 0 saturated heterocycles. The van der Waals surface area contributed by atoms with Crippen LogP contribution in [0.1, 0.15) is 32.0 Å². The molecule has 1 aromatic carbocycles. The van der Waals surface area contributed by atoms with E-state index >= 15 is 0 Å². The first kappa shape index (κ1) is 11.5. The molecule has 3 rings (SSSR count). The van der Waals surface area contributed by atoms with Gasteiger partial charge in [0.1, 0.15) is 0 Å². The molecule has 1 aromatic heterocycles. The number of rotatable bonds is 1. The zero-order valence-corrected chi connectivity index (χ0v) is 11.2. The molecule has 1 aliphatic rings. The van der Waals surface area contributed by atoms with Crippen LogP contribution in [-0.4, -0.2) is 9.78 Å². The van der Waals surface area contributed by atoms with Gasteiger partial charge in [0.25, 0.3) is 5.56 Å². The zero-order chi connectivity index (χ0) is 12.9. The van der Waals surface area contributed by atoms with Gasteiger partial charge in [-0.15, -0.1) is 0 Å². The van der Waals surface area contributed by atoms with E-state index in [1.165, 1.54) is 5.56 Å². The van der Waals surface area contributed by atoms with Gasteiger partial charge in [-0.3, -0.25) is 4.79 Å². The molecule has 0 spiro atoms. The molecule has 0 fully saturated rings. The average Bonchev–Trinajstić information content (AvgIpc) is 2.68. The third-order valence-corrected chi connectivity index (χ3v) is 3.40. The topological polar surface area (TPSA) is 34.9 Å². The SMILES string of the molecule is CC(C)(C)Cn1nc2c3c(cccc3c1=O)CC2. The molecule has 0 saturated carbocycles. The molecule has 0 N–H and O–H groups in total. The van der Waals surface area contributed by atoms with Crippen molar-refractivity contribution in [3.63, 3.8) is 0 Å². The number of aryl methyl sites for hydroxylation is 2. The summed E-state index contributed by atoms with van der Waals surface area (Å²) in [4.78, 5) is 12.4. The van der Waals surface area contributed by atoms with E-state index in [4.69, 9.17) is 0 Å². The Hall–Kier alpha value is -1.64. The summed E-state index contributed by atoms with van der Waals surface area (Å²) in [6, 6.07) is 6.01. The lowest BCUT2D eigenvalue weighted by atomic mass is 9.97. The van der Waals surface area contributed by atoms with Gasteiger partial charge < -0.3 is 0 Å². The number of hydrogen-bond acceptors (Lipinski definition) is 2. The fourth-order valence-corrected chi connectivity index (χ4v) is 2.69. The van der Waals surface area contributed by atoms with Gasteiger partial charge in [0, 0.05) is 11.9 Å². The molecule has 2 aromatic rings. The summed E-state index contributed by atoms with van der Waals surface area (Å²) in [5, 5.41) is 6.50. The van der Waals surface area contributed by atoms with Crippen LogP contribution in [-0.2, 0) is 19.4 Å². The van der Waals surface area contributed by atoms with Gasteiger partial charge in [0.05, 0.1) is 11.1 Å². The highest BCUT2D eigenvalue weighted by atomic mass is 16.1. The molecular formula is C15H18N2O. The molecule has 1 heterocycles. The second-order valence-corrected chi connectivity index (χ2v) is 6.31. The van der Waals surface area contributed by atoms with Gasteiger partial charge in [-0.05, 0) is 29.9 Å². The fourth-order valence-electron chi connectivity index (χ4n) is 2.69. The van der Waals surface area contributed by atoms with Crippen LogP contribution >= 0.6 is 0 Å². The van der Waals surface area contributed by atoms with Crippen molar-refractivity contribution in [1.29, 1.82) is 0 Å². The second-order valence-electron chi connectivity index (χ2n) is 6.31. The maximum Gasteiger partial charge on any atom is 0.274 e. The Bertz CT molecular complexity index is 677. The molecule has 0 radical (unpaired) electrons. The van der Waals surface area contributed by atoms with E-state index in [1.54, 1.807) is 4.68 Å². The quantitative estimate of drug-likeness (QED) is 0.770. The van der Waals surface area contributed by atoms with Crippen molar-refractivity contribution in [2.45, 2.75) is 40.2 Å². The lowest BCUT2D eigenvalue weighted by Gasteiger charge is -2.19. The van der Waals surface area contributed by atoms with Crippen LogP contribution in [0.4, 0.5) is 0 Å². The van der Waals surface area contributed by atoms with E-state index in [2.05, 4.69) is 31.9 Å². The van der Waals surface area contributed by atoms with Crippen molar-refractivity contribution in [3.05, 3.63) is 39.8 Å². The van der Waals surface area contributed by atoms with Crippen LogP contribution in [0.5, 0.6) is 0 Å². The lowest BCUT2D eigenvalue weighted by Crippen LogP contribution is -2.29. The first-order chi connectivity index (χ1) is 8.46. The van der Waals surface area contributed by atoms with Crippen LogP contribution in [0.2, 0.25) is 0 Å². The first-order valence-electron chi connectivity index (χ1n) is 6.47. The highest BCUT2D eigenvalue weighted by Crippen LogP contribution is 2.27. The van der Waals surface area contributed by atoms with Crippen LogP contribution in [0.25, 0.3) is 10.8 Å². The van der Waals surface area contributed by atoms with Crippen molar-refractivity contribution >= 4 is 10.8 Å². The highest BCUT2D eigenvalue weighted by Gasteiger charge is 2.21. The minimum atomic E-state index is 0.0485. The van der Waals surface area contributed by atoms with Gasteiger partial charge in [-0.2, -0.15) is 5.10 Å². The average molecular weight is 242 g/mol. The van der Waals surface area contributed by atoms with Crippen LogP contribution < -0.4 is 5.56 Å². The predicted molar refractivity (Wildman–Crippen MR) is 72.9 cm³/mol. The lowest BCUT2D eigenvalue weighted by molar-refractivity contribution is 0.316. The number of aromatic nitrogens is 2. The van der Waals surface area contributed by atoms with Crippen molar-refractivity contribution in [2.75, 3.05) is 0 Å². The Balaban J connectivity index is 2.27. The minimum Gasteiger partial charge on any atom is -0.267 e. The summed E-state index contributed by atoms with van der Waals surface area (Å²) in [7, 11) is 0. The van der Waals surface area contributed by atoms with Crippen LogP contribution in [0.3, 0.4) is 0 Å². The molecule has 18 heavy (non-hydrogen) atoms. The predicted octanol–water partition coefficient (Wildman–Crippen LogP) is 2.54. The van der Waals surface area contributed by atoms with E-state index in [9.17, 15) is 4.79 Å². The summed E-state index contributed by atoms with van der Waals surface area (Å²) in [5.74, 6) is 0. The van der Waals surface area contributed by atoms with Gasteiger partial charge in [0.2, 0.25) is 0 Å². The van der Waals surface area contributed by atoms with E-state index in [0.29, 0.717) is 6.54 Å². The molecule has 3 nitrogen and oxygen atoms in total. The molecule has 1 aliphatic carbocycles. The van der Waals surface area contributed by atoms with Crippen molar-refractivity contribution in [2.24, 2.45) is 5.41 Å². The Morgan fingerprint density at radius 2 is 2.06 bits per heavy atom. The molecule has 3 heteroatoms. The van der Waals surface area contributed by atoms with Gasteiger partial charge in [-0.1, -0.05) is 32.9 Å². The fraction of sp³-hybridized carbons (Fsp3) is 0.467. The Labute approximate surface area is 106 Å². The normalized spacial score (nSPS) is 14.4. The first-order valence-corrected chi connectivity index (χ1v) is 6.47. The molecule has 0 amide bonds. The van der Waals surface area contributed by atoms with E-state index in [0.717, 1.165) is 29.3 Å². The second kappa shape index (κ2) is 3.67. The summed E-state index contributed by atoms with van der Waals surface area (Å²) < 4.78 is 1.65. The molecule has 0 atom stereocenters. The third kappa shape index (κ3) is 1.74. The van der Waals surface area contributed by atoms with Crippen molar-refractivity contribution in [3.8, 4) is 0 Å². The Morgan fingerprint density at radius 3 is 2.78 bits per heavy atom. The summed E-state index contributed by atoms with van der Waals surface area (Å²) in [5.41, 5.74) is 2.47. The Kier molecular flexibility index (Phi) is 2.34. The van der Waals surface area contributed by atoms with E-state index in [-0.39, 0.29) is 11.0 Å². The van der Waals surface area contributed by atoms with Crippen molar-refractivity contribution < 1.29 is 0 Å². The number of benzene rings is 1. The summed E-state index contributed by atoms with van der Waals surface area (Å²) in [6.07, 6.45) is 1.97. The van der Waals surface area contributed by atoms with Crippen LogP contribution in [0.15, 0.2) is 23.0 Å². The highest BCUT2D eigenvalue weighted by molar-refractivity contribution is 5.88. The van der Waals surface area contributed by atoms with Crippen molar-refractivity contribution in [1.82, 2.24) is 9.78 Å². The third-order valence-electron chi connectivity index (χ3n) is 3.40. The minimum absolute atomic E-state index is 0.0485. The van der Waals surface area contributed by atoms with E-state index in [1.807, 2.05) is 12.1 Å². The molecule has 94 valence electrons. The molecule has 0 aliphatic heterocycles. The van der Waals surface area contributed by atoms with Gasteiger partial charge >= 0.3 is 0 Å². The maximum absolute atomic E-state index is 12.4. The largest absolute Gasteiger partial charge is 0.274 e. The summed E-state index contributed by atoms with van der Waals surface area (Å²) in [6.45, 7) is 7.04. The van der Waals surface area contributed by atoms with E-state index < -0.39 is 0 Å². The smallest absolute Gasteiger partial charge is 0.267 e. The molecule has 0 bridgehead atoms. The monoisotopic (exact) mass is 242 g/mol.